The van der Waals surface area contributed by atoms with Crippen LogP contribution in [0.15, 0.2) is 24.3 Å². The van der Waals surface area contributed by atoms with Crippen LogP contribution in [0.1, 0.15) is 32.8 Å². The van der Waals surface area contributed by atoms with E-state index in [1.807, 2.05) is 0 Å². The number of hydrogen-bond donors (Lipinski definition) is 1. The standard InChI is InChI=1S/C15H24N2/c1-5-13-10-16-15(3,4)11-17(13)14-9-7-6-8-12(14)2/h6-9,13,16H,5,10-11H2,1-4H3. The normalized spacial score (nSPS) is 23.8. The van der Waals surface area contributed by atoms with E-state index in [-0.39, 0.29) is 5.54 Å². The molecule has 1 saturated heterocycles. The molecule has 1 heterocycles. The topological polar surface area (TPSA) is 15.3 Å². The maximum atomic E-state index is 3.64. The van der Waals surface area contributed by atoms with Crippen molar-refractivity contribution in [2.45, 2.75) is 45.7 Å². The van der Waals surface area contributed by atoms with Gasteiger partial charge in [-0.05, 0) is 38.8 Å². The van der Waals surface area contributed by atoms with Crippen molar-refractivity contribution in [3.8, 4) is 0 Å². The van der Waals surface area contributed by atoms with Crippen molar-refractivity contribution >= 4 is 5.69 Å². The van der Waals surface area contributed by atoms with Gasteiger partial charge in [0, 0.05) is 30.4 Å². The van der Waals surface area contributed by atoms with Gasteiger partial charge in [0.05, 0.1) is 0 Å². The number of piperazine rings is 1. The van der Waals surface area contributed by atoms with Gasteiger partial charge in [-0.15, -0.1) is 0 Å². The number of hydrogen-bond acceptors (Lipinski definition) is 2. The van der Waals surface area contributed by atoms with Gasteiger partial charge in [-0.25, -0.2) is 0 Å². The molecule has 0 aromatic heterocycles. The summed E-state index contributed by atoms with van der Waals surface area (Å²) in [7, 11) is 0. The molecular formula is C15H24N2. The Kier molecular flexibility index (Phi) is 3.43. The summed E-state index contributed by atoms with van der Waals surface area (Å²) < 4.78 is 0. The van der Waals surface area contributed by atoms with Gasteiger partial charge in [0.15, 0.2) is 0 Å². The molecule has 2 rings (SSSR count). The van der Waals surface area contributed by atoms with Crippen LogP contribution in [0.2, 0.25) is 0 Å². The van der Waals surface area contributed by atoms with E-state index in [1.54, 1.807) is 0 Å². The number of para-hydroxylation sites is 1. The van der Waals surface area contributed by atoms with Gasteiger partial charge in [-0.2, -0.15) is 0 Å². The Hall–Kier alpha value is -1.02. The second-order valence-corrected chi connectivity index (χ2v) is 5.74. The fourth-order valence-electron chi connectivity index (χ4n) is 2.65. The van der Waals surface area contributed by atoms with Crippen molar-refractivity contribution in [1.29, 1.82) is 0 Å². The monoisotopic (exact) mass is 232 g/mol. The van der Waals surface area contributed by atoms with E-state index in [4.69, 9.17) is 0 Å². The molecule has 1 aliphatic rings. The number of nitrogens with one attached hydrogen (secondary N) is 1. The zero-order valence-corrected chi connectivity index (χ0v) is 11.5. The van der Waals surface area contributed by atoms with E-state index in [0.717, 1.165) is 13.1 Å². The summed E-state index contributed by atoms with van der Waals surface area (Å²) in [4.78, 5) is 2.58. The van der Waals surface area contributed by atoms with Gasteiger partial charge in [-0.1, -0.05) is 25.1 Å². The highest BCUT2D eigenvalue weighted by Gasteiger charge is 2.31. The molecule has 0 bridgehead atoms. The van der Waals surface area contributed by atoms with Crippen LogP contribution in [0.4, 0.5) is 5.69 Å². The molecule has 1 unspecified atom stereocenters. The van der Waals surface area contributed by atoms with Crippen LogP contribution in [-0.2, 0) is 0 Å². The number of aryl methyl sites for hydroxylation is 1. The number of rotatable bonds is 2. The minimum Gasteiger partial charge on any atom is -0.365 e. The summed E-state index contributed by atoms with van der Waals surface area (Å²) in [5, 5.41) is 3.64. The molecule has 17 heavy (non-hydrogen) atoms. The summed E-state index contributed by atoms with van der Waals surface area (Å²) in [6.07, 6.45) is 1.19. The fraction of sp³-hybridized carbons (Fsp3) is 0.600. The third-order valence-electron chi connectivity index (χ3n) is 3.72. The first kappa shape index (κ1) is 12.4. The highest BCUT2D eigenvalue weighted by molar-refractivity contribution is 5.54. The molecule has 2 nitrogen and oxygen atoms in total. The molecule has 2 heteroatoms. The summed E-state index contributed by atoms with van der Waals surface area (Å²) in [5.41, 5.74) is 2.98. The predicted octanol–water partition coefficient (Wildman–Crippen LogP) is 2.96. The fourth-order valence-corrected chi connectivity index (χ4v) is 2.65. The Labute approximate surface area is 105 Å². The Morgan fingerprint density at radius 3 is 2.71 bits per heavy atom. The van der Waals surface area contributed by atoms with E-state index in [1.165, 1.54) is 17.7 Å². The first-order chi connectivity index (χ1) is 8.03. The number of anilines is 1. The molecule has 0 radical (unpaired) electrons. The number of nitrogens with zero attached hydrogens (tertiary/aromatic N) is 1. The quantitative estimate of drug-likeness (QED) is 0.843. The van der Waals surface area contributed by atoms with Crippen molar-refractivity contribution < 1.29 is 0 Å². The Bertz CT molecular complexity index is 384. The lowest BCUT2D eigenvalue weighted by Crippen LogP contribution is -2.61. The van der Waals surface area contributed by atoms with Crippen molar-refractivity contribution in [2.75, 3.05) is 18.0 Å². The summed E-state index contributed by atoms with van der Waals surface area (Å²) in [5.74, 6) is 0. The first-order valence-corrected chi connectivity index (χ1v) is 6.61. The van der Waals surface area contributed by atoms with Crippen LogP contribution in [0.5, 0.6) is 0 Å². The Balaban J connectivity index is 2.30. The van der Waals surface area contributed by atoms with Gasteiger partial charge in [0.1, 0.15) is 0 Å². The van der Waals surface area contributed by atoms with Crippen LogP contribution in [0.25, 0.3) is 0 Å². The molecular weight excluding hydrogens is 208 g/mol. The van der Waals surface area contributed by atoms with Crippen molar-refractivity contribution in [3.05, 3.63) is 29.8 Å². The summed E-state index contributed by atoms with van der Waals surface area (Å²) in [6, 6.07) is 9.33. The average molecular weight is 232 g/mol. The largest absolute Gasteiger partial charge is 0.365 e. The first-order valence-electron chi connectivity index (χ1n) is 6.61. The zero-order valence-electron chi connectivity index (χ0n) is 11.5. The van der Waals surface area contributed by atoms with Crippen LogP contribution >= 0.6 is 0 Å². The second-order valence-electron chi connectivity index (χ2n) is 5.74. The maximum Gasteiger partial charge on any atom is 0.0413 e. The second kappa shape index (κ2) is 4.69. The van der Waals surface area contributed by atoms with E-state index >= 15 is 0 Å². The van der Waals surface area contributed by atoms with Gasteiger partial charge in [-0.3, -0.25) is 0 Å². The molecule has 0 spiro atoms. The van der Waals surface area contributed by atoms with Crippen LogP contribution in [0.3, 0.4) is 0 Å². The predicted molar refractivity (Wildman–Crippen MR) is 74.7 cm³/mol. The van der Waals surface area contributed by atoms with Gasteiger partial charge >= 0.3 is 0 Å². The minimum atomic E-state index is 0.202. The molecule has 1 aliphatic heterocycles. The van der Waals surface area contributed by atoms with E-state index in [2.05, 4.69) is 62.2 Å². The number of benzene rings is 1. The maximum absolute atomic E-state index is 3.64. The molecule has 94 valence electrons. The lowest BCUT2D eigenvalue weighted by atomic mass is 9.96. The molecule has 0 aliphatic carbocycles. The highest BCUT2D eigenvalue weighted by atomic mass is 15.3. The van der Waals surface area contributed by atoms with Crippen LogP contribution < -0.4 is 10.2 Å². The smallest absolute Gasteiger partial charge is 0.0413 e. The highest BCUT2D eigenvalue weighted by Crippen LogP contribution is 2.27. The van der Waals surface area contributed by atoms with E-state index < -0.39 is 0 Å². The van der Waals surface area contributed by atoms with Crippen molar-refractivity contribution in [3.63, 3.8) is 0 Å². The third kappa shape index (κ3) is 2.63. The molecule has 0 amide bonds. The molecule has 1 N–H and O–H groups in total. The Morgan fingerprint density at radius 2 is 2.06 bits per heavy atom. The molecule has 1 fully saturated rings. The van der Waals surface area contributed by atoms with E-state index in [0.29, 0.717) is 6.04 Å². The Morgan fingerprint density at radius 1 is 1.35 bits per heavy atom. The summed E-state index contributed by atoms with van der Waals surface area (Å²) in [6.45, 7) is 11.2. The summed E-state index contributed by atoms with van der Waals surface area (Å²) >= 11 is 0. The molecule has 1 atom stereocenters. The SMILES string of the molecule is CCC1CNC(C)(C)CN1c1ccccc1C. The third-order valence-corrected chi connectivity index (χ3v) is 3.72. The molecule has 1 aromatic rings. The lowest BCUT2D eigenvalue weighted by molar-refractivity contribution is 0.306. The van der Waals surface area contributed by atoms with Crippen LogP contribution in [0, 0.1) is 6.92 Å². The van der Waals surface area contributed by atoms with Gasteiger partial charge in [0.25, 0.3) is 0 Å². The minimum absolute atomic E-state index is 0.202. The van der Waals surface area contributed by atoms with Crippen molar-refractivity contribution in [2.24, 2.45) is 0 Å². The molecule has 0 saturated carbocycles. The van der Waals surface area contributed by atoms with Crippen LogP contribution in [-0.4, -0.2) is 24.7 Å². The molecule has 1 aromatic carbocycles. The van der Waals surface area contributed by atoms with E-state index in [9.17, 15) is 0 Å². The zero-order chi connectivity index (χ0) is 12.5. The van der Waals surface area contributed by atoms with Crippen molar-refractivity contribution in [1.82, 2.24) is 5.32 Å². The van der Waals surface area contributed by atoms with Gasteiger partial charge < -0.3 is 10.2 Å². The average Bonchev–Trinajstić information content (AvgIpc) is 2.28. The lowest BCUT2D eigenvalue weighted by Gasteiger charge is -2.46. The van der Waals surface area contributed by atoms with Gasteiger partial charge in [0.2, 0.25) is 0 Å².